The van der Waals surface area contributed by atoms with Crippen molar-refractivity contribution in [2.75, 3.05) is 6.61 Å². The molecular formula is C25H48O5. The van der Waals surface area contributed by atoms with E-state index in [-0.39, 0.29) is 6.42 Å². The Morgan fingerprint density at radius 2 is 1.17 bits per heavy atom. The summed E-state index contributed by atoms with van der Waals surface area (Å²) in [5, 5.41) is 27.1. The van der Waals surface area contributed by atoms with Crippen LogP contribution in [0.2, 0.25) is 0 Å². The second kappa shape index (κ2) is 22.8. The van der Waals surface area contributed by atoms with E-state index in [1.165, 1.54) is 89.9 Å². The highest BCUT2D eigenvalue weighted by Gasteiger charge is 2.19. The van der Waals surface area contributed by atoms with Crippen molar-refractivity contribution in [3.8, 4) is 0 Å². The largest absolute Gasteiger partial charge is 0.433 e. The van der Waals surface area contributed by atoms with E-state index in [1.807, 2.05) is 0 Å². The van der Waals surface area contributed by atoms with E-state index < -0.39 is 25.0 Å². The van der Waals surface area contributed by atoms with Crippen LogP contribution in [-0.2, 0) is 9.53 Å². The summed E-state index contributed by atoms with van der Waals surface area (Å²) >= 11 is 0. The van der Waals surface area contributed by atoms with Crippen LogP contribution in [0.15, 0.2) is 12.2 Å². The maximum absolute atomic E-state index is 11.5. The van der Waals surface area contributed by atoms with Crippen molar-refractivity contribution in [2.24, 2.45) is 0 Å². The van der Waals surface area contributed by atoms with Crippen LogP contribution < -0.4 is 0 Å². The van der Waals surface area contributed by atoms with E-state index in [4.69, 9.17) is 10.2 Å². The van der Waals surface area contributed by atoms with Gasteiger partial charge >= 0.3 is 5.97 Å². The molecule has 5 nitrogen and oxygen atoms in total. The molecule has 2 atom stereocenters. The quantitative estimate of drug-likeness (QED) is 0.0878. The van der Waals surface area contributed by atoms with Gasteiger partial charge in [0.05, 0.1) is 6.61 Å². The molecule has 5 heteroatoms. The summed E-state index contributed by atoms with van der Waals surface area (Å²) in [5.74, 6) is -0.531. The van der Waals surface area contributed by atoms with Crippen LogP contribution in [0.1, 0.15) is 122 Å². The van der Waals surface area contributed by atoms with Crippen LogP contribution >= 0.6 is 0 Å². The van der Waals surface area contributed by atoms with Crippen molar-refractivity contribution in [3.05, 3.63) is 12.2 Å². The van der Waals surface area contributed by atoms with Gasteiger partial charge in [-0.3, -0.25) is 4.79 Å². The van der Waals surface area contributed by atoms with Gasteiger partial charge in [0.15, 0.2) is 0 Å². The maximum Gasteiger partial charge on any atom is 0.308 e. The third-order valence-electron chi connectivity index (χ3n) is 5.41. The number of esters is 1. The number of hydrogen-bond donors (Lipinski definition) is 3. The molecule has 0 aliphatic heterocycles. The zero-order valence-electron chi connectivity index (χ0n) is 19.4. The number of unbranched alkanes of at least 4 members (excludes halogenated alkanes) is 15. The van der Waals surface area contributed by atoms with E-state index in [0.717, 1.165) is 19.3 Å². The molecule has 0 spiro atoms. The Morgan fingerprint density at radius 3 is 1.63 bits per heavy atom. The van der Waals surface area contributed by atoms with Gasteiger partial charge in [0.2, 0.25) is 6.29 Å². The number of hydrogen-bond acceptors (Lipinski definition) is 5. The third-order valence-corrected chi connectivity index (χ3v) is 5.41. The molecule has 0 saturated carbocycles. The van der Waals surface area contributed by atoms with Gasteiger partial charge in [-0.05, 0) is 32.1 Å². The summed E-state index contributed by atoms with van der Waals surface area (Å²) in [4.78, 5) is 11.5. The van der Waals surface area contributed by atoms with Crippen LogP contribution in [0.25, 0.3) is 0 Å². The number of carbonyl (C=O) groups is 1. The molecule has 0 aromatic heterocycles. The Balaban J connectivity index is 3.26. The number of carbonyl (C=O) groups excluding carboxylic acids is 1. The van der Waals surface area contributed by atoms with Gasteiger partial charge in [-0.15, -0.1) is 0 Å². The average Bonchev–Trinajstić information content (AvgIpc) is 2.74. The molecular weight excluding hydrogens is 380 g/mol. The van der Waals surface area contributed by atoms with Gasteiger partial charge in [0.1, 0.15) is 6.10 Å². The molecule has 3 N–H and O–H groups in total. The molecule has 0 aliphatic rings. The standard InChI is InChI=1S/C25H48O5/c1-2-3-4-5-6-7-8-9-10-11-12-13-14-15-16-17-18-19-20-21-24(28)30-25(29)23(27)22-26/h9-10,23,25-27,29H,2-8,11-22H2,1H3/b10-9-. The molecule has 0 rings (SSSR count). The molecule has 0 heterocycles. The monoisotopic (exact) mass is 428 g/mol. The Labute approximate surface area is 184 Å². The Kier molecular flexibility index (Phi) is 22.1. The number of allylic oxidation sites excluding steroid dienone is 2. The maximum atomic E-state index is 11.5. The van der Waals surface area contributed by atoms with Crippen molar-refractivity contribution in [1.29, 1.82) is 0 Å². The van der Waals surface area contributed by atoms with Crippen molar-refractivity contribution in [2.45, 2.75) is 135 Å². The van der Waals surface area contributed by atoms with E-state index in [0.29, 0.717) is 0 Å². The molecule has 178 valence electrons. The number of aliphatic hydroxyl groups excluding tert-OH is 3. The lowest BCUT2D eigenvalue weighted by Gasteiger charge is -2.15. The first-order chi connectivity index (χ1) is 14.6. The smallest absolute Gasteiger partial charge is 0.308 e. The minimum atomic E-state index is -1.64. The summed E-state index contributed by atoms with van der Waals surface area (Å²) in [6, 6.07) is 0. The lowest BCUT2D eigenvalue weighted by atomic mass is 10.1. The molecule has 30 heavy (non-hydrogen) atoms. The van der Waals surface area contributed by atoms with Gasteiger partial charge in [-0.1, -0.05) is 96.1 Å². The van der Waals surface area contributed by atoms with Gasteiger partial charge in [0, 0.05) is 6.42 Å². The van der Waals surface area contributed by atoms with Crippen LogP contribution in [0, 0.1) is 0 Å². The first-order valence-electron chi connectivity index (χ1n) is 12.4. The predicted octanol–water partition coefficient (Wildman–Crippen LogP) is 5.80. The van der Waals surface area contributed by atoms with Crippen molar-refractivity contribution >= 4 is 5.97 Å². The summed E-state index contributed by atoms with van der Waals surface area (Å²) in [6.07, 6.45) is 23.0. The van der Waals surface area contributed by atoms with Crippen molar-refractivity contribution in [1.82, 2.24) is 0 Å². The number of ether oxygens (including phenoxy) is 1. The molecule has 0 bridgehead atoms. The SMILES string of the molecule is CCCCCCCC/C=C\CCCCCCCCCCCC(=O)OC(O)C(O)CO. The highest BCUT2D eigenvalue weighted by molar-refractivity contribution is 5.69. The first kappa shape index (κ1) is 29.1. The van der Waals surface area contributed by atoms with Crippen LogP contribution in [0.5, 0.6) is 0 Å². The fourth-order valence-electron chi connectivity index (χ4n) is 3.41. The first-order valence-corrected chi connectivity index (χ1v) is 12.4. The molecule has 0 fully saturated rings. The zero-order valence-corrected chi connectivity index (χ0v) is 19.4. The number of aliphatic hydroxyl groups is 3. The Hall–Kier alpha value is -0.910. The molecule has 0 aromatic rings. The van der Waals surface area contributed by atoms with Crippen LogP contribution in [0.3, 0.4) is 0 Å². The van der Waals surface area contributed by atoms with Crippen LogP contribution in [-0.4, -0.2) is 40.3 Å². The number of rotatable bonds is 22. The molecule has 0 aliphatic carbocycles. The highest BCUT2D eigenvalue weighted by atomic mass is 16.6. The Bertz CT molecular complexity index is 397. The third kappa shape index (κ3) is 20.4. The van der Waals surface area contributed by atoms with Gasteiger partial charge in [-0.2, -0.15) is 0 Å². The molecule has 2 unspecified atom stereocenters. The van der Waals surface area contributed by atoms with E-state index in [1.54, 1.807) is 0 Å². The van der Waals surface area contributed by atoms with Crippen molar-refractivity contribution in [3.63, 3.8) is 0 Å². The fraction of sp³-hybridized carbons (Fsp3) is 0.880. The minimum Gasteiger partial charge on any atom is -0.433 e. The summed E-state index contributed by atoms with van der Waals surface area (Å²) in [6.45, 7) is 1.63. The molecule has 0 aromatic carbocycles. The lowest BCUT2D eigenvalue weighted by molar-refractivity contribution is -0.190. The lowest BCUT2D eigenvalue weighted by Crippen LogP contribution is -2.33. The highest BCUT2D eigenvalue weighted by Crippen LogP contribution is 2.13. The van der Waals surface area contributed by atoms with Crippen LogP contribution in [0.4, 0.5) is 0 Å². The summed E-state index contributed by atoms with van der Waals surface area (Å²) in [7, 11) is 0. The average molecular weight is 429 g/mol. The van der Waals surface area contributed by atoms with Gasteiger partial charge < -0.3 is 20.1 Å². The Morgan fingerprint density at radius 1 is 0.733 bits per heavy atom. The predicted molar refractivity (Wildman–Crippen MR) is 123 cm³/mol. The molecule has 0 radical (unpaired) electrons. The van der Waals surface area contributed by atoms with E-state index in [2.05, 4.69) is 23.8 Å². The second-order valence-electron chi connectivity index (χ2n) is 8.38. The second-order valence-corrected chi connectivity index (χ2v) is 8.38. The topological polar surface area (TPSA) is 87.0 Å². The summed E-state index contributed by atoms with van der Waals surface area (Å²) in [5.41, 5.74) is 0. The molecule has 0 saturated heterocycles. The van der Waals surface area contributed by atoms with Gasteiger partial charge in [0.25, 0.3) is 0 Å². The zero-order chi connectivity index (χ0) is 22.3. The van der Waals surface area contributed by atoms with E-state index >= 15 is 0 Å². The summed E-state index contributed by atoms with van der Waals surface area (Å²) < 4.78 is 4.64. The van der Waals surface area contributed by atoms with Gasteiger partial charge in [-0.25, -0.2) is 0 Å². The fourth-order valence-corrected chi connectivity index (χ4v) is 3.41. The normalized spacial score (nSPS) is 13.6. The minimum absolute atomic E-state index is 0.238. The van der Waals surface area contributed by atoms with Crippen molar-refractivity contribution < 1.29 is 24.9 Å². The van der Waals surface area contributed by atoms with E-state index in [9.17, 15) is 9.90 Å². The molecule has 0 amide bonds.